The number of halogens is 2. The third-order valence-electron chi connectivity index (χ3n) is 3.07. The lowest BCUT2D eigenvalue weighted by Gasteiger charge is -2.21. The number of hydrogen-bond acceptors (Lipinski definition) is 3. The summed E-state index contributed by atoms with van der Waals surface area (Å²) in [6.45, 7) is 1.02. The van der Waals surface area contributed by atoms with E-state index in [1.165, 1.54) is 6.07 Å². The van der Waals surface area contributed by atoms with Crippen LogP contribution in [0.5, 0.6) is 5.75 Å². The van der Waals surface area contributed by atoms with Gasteiger partial charge in [-0.15, -0.1) is 0 Å². The Balaban J connectivity index is 2.10. The van der Waals surface area contributed by atoms with E-state index in [2.05, 4.69) is 10.1 Å². The molecule has 0 aliphatic heterocycles. The number of ether oxygens (including phenoxy) is 1. The van der Waals surface area contributed by atoms with Crippen LogP contribution in [-0.4, -0.2) is 6.61 Å². The predicted octanol–water partition coefficient (Wildman–Crippen LogP) is 4.29. The van der Waals surface area contributed by atoms with E-state index in [0.29, 0.717) is 5.56 Å². The number of hydrogen-bond donors (Lipinski definition) is 1. The Morgan fingerprint density at radius 2 is 1.80 bits per heavy atom. The maximum absolute atomic E-state index is 12.4. The Kier molecular flexibility index (Phi) is 4.74. The van der Waals surface area contributed by atoms with Crippen LogP contribution < -0.4 is 10.1 Å². The van der Waals surface area contributed by atoms with Crippen molar-refractivity contribution in [3.8, 4) is 5.75 Å². The van der Waals surface area contributed by atoms with E-state index in [4.69, 9.17) is 4.42 Å². The molecule has 1 N–H and O–H groups in total. The van der Waals surface area contributed by atoms with Gasteiger partial charge in [0.1, 0.15) is 11.5 Å². The van der Waals surface area contributed by atoms with Gasteiger partial charge in [-0.05, 0) is 32.0 Å². The molecular formula is C15H17F2NO2. The number of benzene rings is 1. The van der Waals surface area contributed by atoms with Gasteiger partial charge in [-0.3, -0.25) is 0 Å². The molecule has 0 radical (unpaired) electrons. The number of furan rings is 1. The van der Waals surface area contributed by atoms with Gasteiger partial charge in [-0.25, -0.2) is 0 Å². The first-order chi connectivity index (χ1) is 9.58. The second kappa shape index (κ2) is 6.52. The van der Waals surface area contributed by atoms with E-state index in [0.717, 1.165) is 5.76 Å². The summed E-state index contributed by atoms with van der Waals surface area (Å²) in [6.07, 6.45) is 1.60. The highest BCUT2D eigenvalue weighted by molar-refractivity contribution is 5.35. The van der Waals surface area contributed by atoms with Crippen molar-refractivity contribution >= 4 is 0 Å². The van der Waals surface area contributed by atoms with Crippen LogP contribution in [0, 0.1) is 0 Å². The van der Waals surface area contributed by atoms with Crippen LogP contribution in [0.4, 0.5) is 8.78 Å². The molecule has 0 amide bonds. The number of alkyl halides is 2. The fraction of sp³-hybridized carbons (Fsp3) is 0.333. The molecule has 2 atom stereocenters. The SMILES string of the molecule is CC(NC(C)c1ccccc1OC(F)F)c1ccco1. The van der Waals surface area contributed by atoms with Crippen LogP contribution in [0.15, 0.2) is 47.1 Å². The molecule has 5 heteroatoms. The first kappa shape index (κ1) is 14.5. The monoisotopic (exact) mass is 281 g/mol. The minimum absolute atomic E-state index is 0.0281. The zero-order valence-electron chi connectivity index (χ0n) is 11.3. The second-order valence-electron chi connectivity index (χ2n) is 4.54. The molecule has 1 aromatic carbocycles. The van der Waals surface area contributed by atoms with Crippen molar-refractivity contribution < 1.29 is 17.9 Å². The van der Waals surface area contributed by atoms with Crippen LogP contribution in [0.2, 0.25) is 0 Å². The molecule has 0 spiro atoms. The molecule has 1 heterocycles. The molecule has 0 bridgehead atoms. The smallest absolute Gasteiger partial charge is 0.387 e. The fourth-order valence-corrected chi connectivity index (χ4v) is 2.13. The Morgan fingerprint density at radius 3 is 2.45 bits per heavy atom. The topological polar surface area (TPSA) is 34.4 Å². The zero-order chi connectivity index (χ0) is 14.5. The van der Waals surface area contributed by atoms with E-state index in [-0.39, 0.29) is 17.8 Å². The Labute approximate surface area is 116 Å². The van der Waals surface area contributed by atoms with Crippen molar-refractivity contribution in [2.45, 2.75) is 32.5 Å². The van der Waals surface area contributed by atoms with Crippen LogP contribution >= 0.6 is 0 Å². The van der Waals surface area contributed by atoms with Crippen molar-refractivity contribution in [1.29, 1.82) is 0 Å². The summed E-state index contributed by atoms with van der Waals surface area (Å²) in [4.78, 5) is 0. The maximum Gasteiger partial charge on any atom is 0.387 e. The van der Waals surface area contributed by atoms with Gasteiger partial charge in [0.25, 0.3) is 0 Å². The van der Waals surface area contributed by atoms with Gasteiger partial charge in [0.05, 0.1) is 12.3 Å². The average Bonchev–Trinajstić information content (AvgIpc) is 2.92. The molecule has 2 rings (SSSR count). The zero-order valence-corrected chi connectivity index (χ0v) is 11.3. The lowest BCUT2D eigenvalue weighted by Crippen LogP contribution is -2.23. The summed E-state index contributed by atoms with van der Waals surface area (Å²) in [5.74, 6) is 0.984. The third-order valence-corrected chi connectivity index (χ3v) is 3.07. The maximum atomic E-state index is 12.4. The summed E-state index contributed by atoms with van der Waals surface area (Å²) >= 11 is 0. The van der Waals surface area contributed by atoms with Gasteiger partial charge < -0.3 is 14.5 Å². The van der Waals surface area contributed by atoms with Crippen LogP contribution in [0.3, 0.4) is 0 Å². The molecule has 2 unspecified atom stereocenters. The summed E-state index contributed by atoms with van der Waals surface area (Å²) in [5, 5.41) is 3.29. The minimum atomic E-state index is -2.83. The molecular weight excluding hydrogens is 264 g/mol. The number of para-hydroxylation sites is 1. The Morgan fingerprint density at radius 1 is 1.05 bits per heavy atom. The number of nitrogens with one attached hydrogen (secondary N) is 1. The molecule has 0 aliphatic rings. The van der Waals surface area contributed by atoms with Crippen molar-refractivity contribution in [3.05, 3.63) is 54.0 Å². The Bertz CT molecular complexity index is 528. The first-order valence-corrected chi connectivity index (χ1v) is 6.41. The highest BCUT2D eigenvalue weighted by Gasteiger charge is 2.17. The summed E-state index contributed by atoms with van der Waals surface area (Å²) < 4.78 is 34.6. The normalized spacial score (nSPS) is 14.2. The van der Waals surface area contributed by atoms with Crippen LogP contribution in [0.25, 0.3) is 0 Å². The van der Waals surface area contributed by atoms with Gasteiger partial charge in [0.15, 0.2) is 0 Å². The quantitative estimate of drug-likeness (QED) is 0.857. The molecule has 0 fully saturated rings. The van der Waals surface area contributed by atoms with Gasteiger partial charge in [0.2, 0.25) is 0 Å². The lowest BCUT2D eigenvalue weighted by atomic mass is 10.1. The van der Waals surface area contributed by atoms with Crippen LogP contribution in [0.1, 0.15) is 37.3 Å². The molecule has 0 saturated carbocycles. The highest BCUT2D eigenvalue weighted by atomic mass is 19.3. The highest BCUT2D eigenvalue weighted by Crippen LogP contribution is 2.28. The predicted molar refractivity (Wildman–Crippen MR) is 71.7 cm³/mol. The first-order valence-electron chi connectivity index (χ1n) is 6.41. The Hall–Kier alpha value is -1.88. The van der Waals surface area contributed by atoms with Gasteiger partial charge in [0, 0.05) is 11.6 Å². The third kappa shape index (κ3) is 3.57. The summed E-state index contributed by atoms with van der Waals surface area (Å²) in [7, 11) is 0. The molecule has 2 aromatic rings. The molecule has 0 aliphatic carbocycles. The molecule has 1 aromatic heterocycles. The summed E-state index contributed by atoms with van der Waals surface area (Å²) in [5.41, 5.74) is 0.686. The average molecular weight is 281 g/mol. The van der Waals surface area contributed by atoms with Crippen molar-refractivity contribution in [2.24, 2.45) is 0 Å². The van der Waals surface area contributed by atoms with Crippen molar-refractivity contribution in [3.63, 3.8) is 0 Å². The van der Waals surface area contributed by atoms with E-state index in [1.54, 1.807) is 24.5 Å². The van der Waals surface area contributed by atoms with Gasteiger partial charge in [-0.2, -0.15) is 8.78 Å². The van der Waals surface area contributed by atoms with Crippen LogP contribution in [-0.2, 0) is 0 Å². The van der Waals surface area contributed by atoms with Gasteiger partial charge >= 0.3 is 6.61 Å². The van der Waals surface area contributed by atoms with E-state index >= 15 is 0 Å². The lowest BCUT2D eigenvalue weighted by molar-refractivity contribution is -0.0507. The van der Waals surface area contributed by atoms with E-state index in [1.807, 2.05) is 26.0 Å². The van der Waals surface area contributed by atoms with E-state index in [9.17, 15) is 8.78 Å². The molecule has 108 valence electrons. The molecule has 3 nitrogen and oxygen atoms in total. The molecule has 20 heavy (non-hydrogen) atoms. The minimum Gasteiger partial charge on any atom is -0.468 e. The largest absolute Gasteiger partial charge is 0.468 e. The summed E-state index contributed by atoms with van der Waals surface area (Å²) in [6, 6.07) is 10.3. The van der Waals surface area contributed by atoms with E-state index < -0.39 is 6.61 Å². The van der Waals surface area contributed by atoms with Gasteiger partial charge in [-0.1, -0.05) is 18.2 Å². The fourth-order valence-electron chi connectivity index (χ4n) is 2.13. The van der Waals surface area contributed by atoms with Crippen molar-refractivity contribution in [1.82, 2.24) is 5.32 Å². The second-order valence-corrected chi connectivity index (χ2v) is 4.54. The molecule has 0 saturated heterocycles. The standard InChI is InChI=1S/C15H17F2NO2/c1-10(18-11(2)13-8-5-9-19-13)12-6-3-4-7-14(12)20-15(16)17/h3-11,15,18H,1-2H3. The number of rotatable bonds is 6. The van der Waals surface area contributed by atoms with Crippen molar-refractivity contribution in [2.75, 3.05) is 0 Å².